The maximum atomic E-state index is 14.0. The van der Waals surface area contributed by atoms with Crippen molar-refractivity contribution in [1.82, 2.24) is 20.1 Å². The van der Waals surface area contributed by atoms with Gasteiger partial charge in [0, 0.05) is 27.2 Å². The fraction of sp³-hybridized carbons (Fsp3) is 0.565. The average molecular weight is 432 g/mol. The van der Waals surface area contributed by atoms with E-state index in [9.17, 15) is 4.39 Å². The summed E-state index contributed by atoms with van der Waals surface area (Å²) in [5.41, 5.74) is 1.84. The van der Waals surface area contributed by atoms with Crippen LogP contribution in [-0.2, 0) is 13.1 Å². The number of halogens is 1. The minimum atomic E-state index is -0.349. The molecular formula is C23H34FN5O2. The van der Waals surface area contributed by atoms with Crippen molar-refractivity contribution in [2.75, 3.05) is 40.8 Å². The second-order valence-corrected chi connectivity index (χ2v) is 8.22. The van der Waals surface area contributed by atoms with Crippen LogP contribution in [0.3, 0.4) is 0 Å². The molecule has 7 nitrogen and oxygen atoms in total. The Bertz CT molecular complexity index is 871. The third kappa shape index (κ3) is 6.19. The Hall–Kier alpha value is -2.61. The summed E-state index contributed by atoms with van der Waals surface area (Å²) in [5.74, 6) is 3.02. The van der Waals surface area contributed by atoms with Gasteiger partial charge in [0.15, 0.2) is 17.5 Å². The third-order valence-corrected chi connectivity index (χ3v) is 5.90. The number of hydrogen-bond donors (Lipinski definition) is 1. The number of oxazole rings is 1. The van der Waals surface area contributed by atoms with Gasteiger partial charge < -0.3 is 19.4 Å². The first-order valence-corrected chi connectivity index (χ1v) is 10.8. The molecule has 1 aliphatic heterocycles. The van der Waals surface area contributed by atoms with E-state index in [2.05, 4.69) is 20.2 Å². The number of hydrogen-bond acceptors (Lipinski definition) is 5. The summed E-state index contributed by atoms with van der Waals surface area (Å²) in [5, 5.41) is 3.48. The van der Waals surface area contributed by atoms with Gasteiger partial charge >= 0.3 is 0 Å². The quantitative estimate of drug-likeness (QED) is 0.536. The number of guanidine groups is 1. The molecule has 1 saturated heterocycles. The highest BCUT2D eigenvalue weighted by Gasteiger charge is 2.21. The molecule has 31 heavy (non-hydrogen) atoms. The molecule has 8 heteroatoms. The minimum absolute atomic E-state index is 0.258. The predicted molar refractivity (Wildman–Crippen MR) is 120 cm³/mol. The molecule has 0 radical (unpaired) electrons. The fourth-order valence-corrected chi connectivity index (χ4v) is 3.92. The molecule has 0 unspecified atom stereocenters. The molecule has 1 N–H and O–H groups in total. The summed E-state index contributed by atoms with van der Waals surface area (Å²) < 4.78 is 24.7. The molecule has 170 valence electrons. The third-order valence-electron chi connectivity index (χ3n) is 5.90. The number of nitrogens with one attached hydrogen (secondary N) is 1. The van der Waals surface area contributed by atoms with Gasteiger partial charge in [-0.25, -0.2) is 9.37 Å². The maximum Gasteiger partial charge on any atom is 0.208 e. The first kappa shape index (κ1) is 23.1. The first-order valence-electron chi connectivity index (χ1n) is 10.8. The van der Waals surface area contributed by atoms with Crippen molar-refractivity contribution < 1.29 is 13.5 Å². The number of rotatable bonds is 7. The number of piperidine rings is 1. The van der Waals surface area contributed by atoms with Crippen molar-refractivity contribution in [3.63, 3.8) is 0 Å². The van der Waals surface area contributed by atoms with E-state index in [-0.39, 0.29) is 11.6 Å². The monoisotopic (exact) mass is 431 g/mol. The smallest absolute Gasteiger partial charge is 0.208 e. The van der Waals surface area contributed by atoms with E-state index in [1.807, 2.05) is 31.9 Å². The van der Waals surface area contributed by atoms with E-state index in [0.717, 1.165) is 67.9 Å². The highest BCUT2D eigenvalue weighted by atomic mass is 19.1. The van der Waals surface area contributed by atoms with Crippen LogP contribution in [0.2, 0.25) is 0 Å². The number of aryl methyl sites for hydroxylation is 2. The highest BCUT2D eigenvalue weighted by molar-refractivity contribution is 5.79. The second-order valence-electron chi connectivity index (χ2n) is 8.22. The van der Waals surface area contributed by atoms with Gasteiger partial charge in [0.2, 0.25) is 5.89 Å². The predicted octanol–water partition coefficient (Wildman–Crippen LogP) is 3.36. The molecule has 0 bridgehead atoms. The van der Waals surface area contributed by atoms with Crippen molar-refractivity contribution >= 4 is 5.96 Å². The molecule has 1 aliphatic rings. The normalized spacial score (nSPS) is 15.9. The van der Waals surface area contributed by atoms with Crippen molar-refractivity contribution in [1.29, 1.82) is 0 Å². The largest absolute Gasteiger partial charge is 0.494 e. The van der Waals surface area contributed by atoms with Crippen LogP contribution >= 0.6 is 0 Å². The summed E-state index contributed by atoms with van der Waals surface area (Å²) in [6.45, 7) is 8.22. The van der Waals surface area contributed by atoms with Crippen LogP contribution in [0.15, 0.2) is 27.6 Å². The van der Waals surface area contributed by atoms with E-state index in [1.54, 1.807) is 13.1 Å². The van der Waals surface area contributed by atoms with Gasteiger partial charge in [0.25, 0.3) is 0 Å². The SMILES string of the molecule is CN=C(NCC1CCN(Cc2nc(C)c(C)o2)CC1)N(C)Cc1ccc(OC)c(F)c1. The average Bonchev–Trinajstić information content (AvgIpc) is 3.06. The first-order chi connectivity index (χ1) is 14.9. The molecule has 3 rings (SSSR count). The van der Waals surface area contributed by atoms with Crippen LogP contribution in [0.1, 0.15) is 35.7 Å². The summed E-state index contributed by atoms with van der Waals surface area (Å²) in [4.78, 5) is 13.3. The van der Waals surface area contributed by atoms with E-state index >= 15 is 0 Å². The topological polar surface area (TPSA) is 66.1 Å². The van der Waals surface area contributed by atoms with Crippen LogP contribution < -0.4 is 10.1 Å². The fourth-order valence-electron chi connectivity index (χ4n) is 3.92. The summed E-state index contributed by atoms with van der Waals surface area (Å²) >= 11 is 0. The number of methoxy groups -OCH3 is 1. The van der Waals surface area contributed by atoms with E-state index < -0.39 is 0 Å². The van der Waals surface area contributed by atoms with Crippen molar-refractivity contribution in [2.45, 2.75) is 39.8 Å². The van der Waals surface area contributed by atoms with Crippen molar-refractivity contribution in [3.8, 4) is 5.75 Å². The molecule has 1 fully saturated rings. The zero-order valence-electron chi connectivity index (χ0n) is 19.2. The lowest BCUT2D eigenvalue weighted by Gasteiger charge is -2.32. The van der Waals surface area contributed by atoms with Gasteiger partial charge in [-0.1, -0.05) is 6.07 Å². The van der Waals surface area contributed by atoms with Crippen LogP contribution in [0.25, 0.3) is 0 Å². The van der Waals surface area contributed by atoms with Crippen LogP contribution in [0.4, 0.5) is 4.39 Å². The Morgan fingerprint density at radius 3 is 2.68 bits per heavy atom. The Balaban J connectivity index is 1.43. The van der Waals surface area contributed by atoms with E-state index in [4.69, 9.17) is 9.15 Å². The molecule has 1 aromatic heterocycles. The lowest BCUT2D eigenvalue weighted by molar-refractivity contribution is 0.163. The molecule has 0 atom stereocenters. The van der Waals surface area contributed by atoms with E-state index in [0.29, 0.717) is 12.5 Å². The van der Waals surface area contributed by atoms with Gasteiger partial charge in [-0.05, 0) is 63.4 Å². The molecule has 0 spiro atoms. The van der Waals surface area contributed by atoms with Gasteiger partial charge in [-0.15, -0.1) is 0 Å². The van der Waals surface area contributed by atoms with Crippen LogP contribution in [0.5, 0.6) is 5.75 Å². The Morgan fingerprint density at radius 1 is 1.35 bits per heavy atom. The summed E-state index contributed by atoms with van der Waals surface area (Å²) in [7, 11) is 5.20. The molecule has 2 heterocycles. The van der Waals surface area contributed by atoms with Crippen LogP contribution in [0, 0.1) is 25.6 Å². The molecule has 0 aliphatic carbocycles. The van der Waals surface area contributed by atoms with Crippen LogP contribution in [-0.4, -0.2) is 61.6 Å². The number of benzene rings is 1. The molecule has 0 amide bonds. The number of likely N-dealkylation sites (tertiary alicyclic amines) is 1. The standard InChI is InChI=1S/C23H34FN5O2/c1-16-17(2)31-22(27-16)15-29-10-8-18(9-11-29)13-26-23(25-3)28(4)14-19-6-7-21(30-5)20(24)12-19/h6-7,12,18H,8-11,13-15H2,1-5H3,(H,25,26). The minimum Gasteiger partial charge on any atom is -0.494 e. The number of aromatic nitrogens is 1. The summed E-state index contributed by atoms with van der Waals surface area (Å²) in [6, 6.07) is 5.04. The number of ether oxygens (including phenoxy) is 1. The maximum absolute atomic E-state index is 14.0. The second kappa shape index (κ2) is 10.6. The lowest BCUT2D eigenvalue weighted by Crippen LogP contribution is -2.43. The zero-order chi connectivity index (χ0) is 22.4. The molecule has 2 aromatic rings. The number of nitrogens with zero attached hydrogens (tertiary/aromatic N) is 4. The Kier molecular flexibility index (Phi) is 7.90. The van der Waals surface area contributed by atoms with E-state index in [1.165, 1.54) is 13.2 Å². The zero-order valence-corrected chi connectivity index (χ0v) is 19.2. The lowest BCUT2D eigenvalue weighted by atomic mass is 9.97. The highest BCUT2D eigenvalue weighted by Crippen LogP contribution is 2.20. The van der Waals surface area contributed by atoms with Crippen molar-refractivity contribution in [3.05, 3.63) is 46.9 Å². The molecule has 0 saturated carbocycles. The molecule has 1 aromatic carbocycles. The van der Waals surface area contributed by atoms with Gasteiger partial charge in [-0.2, -0.15) is 0 Å². The number of aliphatic imine (C=N–C) groups is 1. The van der Waals surface area contributed by atoms with Gasteiger partial charge in [0.1, 0.15) is 5.76 Å². The van der Waals surface area contributed by atoms with Crippen molar-refractivity contribution in [2.24, 2.45) is 10.9 Å². The summed E-state index contributed by atoms with van der Waals surface area (Å²) in [6.07, 6.45) is 2.24. The van der Waals surface area contributed by atoms with Gasteiger partial charge in [0.05, 0.1) is 19.3 Å². The Morgan fingerprint density at radius 2 is 2.10 bits per heavy atom. The van der Waals surface area contributed by atoms with Gasteiger partial charge in [-0.3, -0.25) is 9.89 Å². The molecular weight excluding hydrogens is 397 g/mol. The Labute approximate surface area is 184 Å².